The Morgan fingerprint density at radius 2 is 1.85 bits per heavy atom. The summed E-state index contributed by atoms with van der Waals surface area (Å²) < 4.78 is 6.76. The molecule has 2 nitrogen and oxygen atoms in total. The molecule has 0 aromatic heterocycles. The normalized spacial score (nSPS) is 11.4. The summed E-state index contributed by atoms with van der Waals surface area (Å²) in [6, 6.07) is 14.1. The molecule has 106 valence electrons. The monoisotopic (exact) mass is 333 g/mol. The first-order valence-corrected chi connectivity index (χ1v) is 7.43. The maximum absolute atomic E-state index is 5.87. The number of rotatable bonds is 3. The number of hydrogen-bond acceptors (Lipinski definition) is 2. The molecule has 2 N–H and O–H groups in total. The van der Waals surface area contributed by atoms with Crippen LogP contribution in [0.4, 0.5) is 5.69 Å². The van der Waals surface area contributed by atoms with Crippen molar-refractivity contribution in [3.05, 3.63) is 58.1 Å². The molecule has 0 saturated carbocycles. The fourth-order valence-electron chi connectivity index (χ4n) is 1.90. The SMILES string of the molecule is CC(C)(C)c1cccc(OCc2ccc(Br)c(N)c2)c1. The molecule has 0 heterocycles. The average Bonchev–Trinajstić information content (AvgIpc) is 2.39. The van der Waals surface area contributed by atoms with Crippen molar-refractivity contribution in [1.82, 2.24) is 0 Å². The van der Waals surface area contributed by atoms with Crippen molar-refractivity contribution in [1.29, 1.82) is 0 Å². The van der Waals surface area contributed by atoms with Crippen LogP contribution in [0, 0.1) is 0 Å². The Labute approximate surface area is 129 Å². The first-order chi connectivity index (χ1) is 9.36. The topological polar surface area (TPSA) is 35.2 Å². The van der Waals surface area contributed by atoms with Gasteiger partial charge in [0.15, 0.2) is 0 Å². The smallest absolute Gasteiger partial charge is 0.120 e. The van der Waals surface area contributed by atoms with Crippen LogP contribution in [0.3, 0.4) is 0 Å². The standard InChI is InChI=1S/C17H20BrNO/c1-17(2,3)13-5-4-6-14(10-13)20-11-12-7-8-15(18)16(19)9-12/h4-10H,11,19H2,1-3H3. The average molecular weight is 334 g/mol. The third-order valence-corrected chi connectivity index (χ3v) is 3.89. The van der Waals surface area contributed by atoms with Gasteiger partial charge in [0.1, 0.15) is 12.4 Å². The van der Waals surface area contributed by atoms with E-state index in [1.54, 1.807) is 0 Å². The minimum Gasteiger partial charge on any atom is -0.489 e. The summed E-state index contributed by atoms with van der Waals surface area (Å²) in [4.78, 5) is 0. The third-order valence-electron chi connectivity index (χ3n) is 3.17. The number of ether oxygens (including phenoxy) is 1. The quantitative estimate of drug-likeness (QED) is 0.810. The van der Waals surface area contributed by atoms with Gasteiger partial charge in [0.05, 0.1) is 0 Å². The van der Waals surface area contributed by atoms with Gasteiger partial charge in [0, 0.05) is 10.2 Å². The van der Waals surface area contributed by atoms with E-state index in [0.29, 0.717) is 6.61 Å². The number of nitrogen functional groups attached to an aromatic ring is 1. The van der Waals surface area contributed by atoms with Gasteiger partial charge in [-0.25, -0.2) is 0 Å². The summed E-state index contributed by atoms with van der Waals surface area (Å²) >= 11 is 3.39. The van der Waals surface area contributed by atoms with E-state index in [1.807, 2.05) is 30.3 Å². The van der Waals surface area contributed by atoms with Crippen molar-refractivity contribution in [2.24, 2.45) is 0 Å². The molecule has 2 rings (SSSR count). The van der Waals surface area contributed by atoms with Crippen LogP contribution in [0.1, 0.15) is 31.9 Å². The van der Waals surface area contributed by atoms with E-state index in [-0.39, 0.29) is 5.41 Å². The minimum absolute atomic E-state index is 0.126. The molecule has 20 heavy (non-hydrogen) atoms. The zero-order valence-electron chi connectivity index (χ0n) is 12.1. The van der Waals surface area contributed by atoms with Crippen LogP contribution in [-0.2, 0) is 12.0 Å². The second kappa shape index (κ2) is 5.88. The predicted octanol–water partition coefficient (Wildman–Crippen LogP) is 4.91. The fraction of sp³-hybridized carbons (Fsp3) is 0.294. The summed E-state index contributed by atoms with van der Waals surface area (Å²) in [5, 5.41) is 0. The molecule has 2 aromatic carbocycles. The minimum atomic E-state index is 0.126. The van der Waals surface area contributed by atoms with Crippen LogP contribution >= 0.6 is 15.9 Å². The van der Waals surface area contributed by atoms with E-state index in [1.165, 1.54) is 5.56 Å². The Morgan fingerprint density at radius 3 is 2.50 bits per heavy atom. The molecule has 0 amide bonds. The highest BCUT2D eigenvalue weighted by Crippen LogP contribution is 2.26. The van der Waals surface area contributed by atoms with Gasteiger partial charge in [-0.1, -0.05) is 39.0 Å². The summed E-state index contributed by atoms with van der Waals surface area (Å²) in [5.74, 6) is 0.888. The van der Waals surface area contributed by atoms with Crippen LogP contribution in [0.15, 0.2) is 46.9 Å². The second-order valence-electron chi connectivity index (χ2n) is 5.92. The van der Waals surface area contributed by atoms with Crippen LogP contribution in [0.5, 0.6) is 5.75 Å². The van der Waals surface area contributed by atoms with E-state index in [0.717, 1.165) is 21.5 Å². The number of halogens is 1. The summed E-state index contributed by atoms with van der Waals surface area (Å²) in [7, 11) is 0. The van der Waals surface area contributed by atoms with Crippen LogP contribution in [0.25, 0.3) is 0 Å². The molecule has 0 spiro atoms. The van der Waals surface area contributed by atoms with Gasteiger partial charge in [-0.3, -0.25) is 0 Å². The van der Waals surface area contributed by atoms with Crippen LogP contribution < -0.4 is 10.5 Å². The molecule has 0 fully saturated rings. The van der Waals surface area contributed by atoms with Gasteiger partial charge in [-0.05, 0) is 56.7 Å². The van der Waals surface area contributed by atoms with Gasteiger partial charge in [-0.2, -0.15) is 0 Å². The Kier molecular flexibility index (Phi) is 4.39. The van der Waals surface area contributed by atoms with Gasteiger partial charge in [0.2, 0.25) is 0 Å². The van der Waals surface area contributed by atoms with Crippen molar-refractivity contribution in [2.75, 3.05) is 5.73 Å². The molecule has 2 aromatic rings. The van der Waals surface area contributed by atoms with Gasteiger partial charge < -0.3 is 10.5 Å². The number of hydrogen-bond donors (Lipinski definition) is 1. The predicted molar refractivity (Wildman–Crippen MR) is 88.0 cm³/mol. The summed E-state index contributed by atoms with van der Waals surface area (Å²) in [6.45, 7) is 7.11. The Morgan fingerprint density at radius 1 is 1.10 bits per heavy atom. The van der Waals surface area contributed by atoms with E-state index < -0.39 is 0 Å². The van der Waals surface area contributed by atoms with Crippen molar-refractivity contribution >= 4 is 21.6 Å². The van der Waals surface area contributed by atoms with Gasteiger partial charge in [0.25, 0.3) is 0 Å². The summed E-state index contributed by atoms with van der Waals surface area (Å²) in [5.41, 5.74) is 9.06. The highest BCUT2D eigenvalue weighted by atomic mass is 79.9. The molecule has 0 radical (unpaired) electrons. The van der Waals surface area contributed by atoms with Gasteiger partial charge in [-0.15, -0.1) is 0 Å². The van der Waals surface area contributed by atoms with Gasteiger partial charge >= 0.3 is 0 Å². The lowest BCUT2D eigenvalue weighted by molar-refractivity contribution is 0.305. The van der Waals surface area contributed by atoms with E-state index in [2.05, 4.69) is 48.8 Å². The molecule has 0 bridgehead atoms. The lowest BCUT2D eigenvalue weighted by Crippen LogP contribution is -2.11. The Hall–Kier alpha value is -1.48. The lowest BCUT2D eigenvalue weighted by Gasteiger charge is -2.19. The molecule has 3 heteroatoms. The first-order valence-electron chi connectivity index (χ1n) is 6.63. The molecule has 0 aliphatic heterocycles. The van der Waals surface area contributed by atoms with Crippen molar-refractivity contribution in [2.45, 2.75) is 32.8 Å². The fourth-order valence-corrected chi connectivity index (χ4v) is 2.15. The number of benzene rings is 2. The highest BCUT2D eigenvalue weighted by molar-refractivity contribution is 9.10. The molecule has 0 aliphatic rings. The molecular formula is C17H20BrNO. The van der Waals surface area contributed by atoms with E-state index in [4.69, 9.17) is 10.5 Å². The van der Waals surface area contributed by atoms with Crippen LogP contribution in [0.2, 0.25) is 0 Å². The zero-order chi connectivity index (χ0) is 14.8. The maximum Gasteiger partial charge on any atom is 0.120 e. The largest absolute Gasteiger partial charge is 0.489 e. The van der Waals surface area contributed by atoms with Crippen LogP contribution in [-0.4, -0.2) is 0 Å². The number of anilines is 1. The molecule has 0 atom stereocenters. The molecular weight excluding hydrogens is 314 g/mol. The molecule has 0 unspecified atom stereocenters. The second-order valence-corrected chi connectivity index (χ2v) is 6.78. The third kappa shape index (κ3) is 3.76. The van der Waals surface area contributed by atoms with E-state index >= 15 is 0 Å². The van der Waals surface area contributed by atoms with Crippen molar-refractivity contribution in [3.63, 3.8) is 0 Å². The highest BCUT2D eigenvalue weighted by Gasteiger charge is 2.13. The Bertz CT molecular complexity index is 602. The van der Waals surface area contributed by atoms with Crippen molar-refractivity contribution < 1.29 is 4.74 Å². The zero-order valence-corrected chi connectivity index (χ0v) is 13.7. The molecule has 0 saturated heterocycles. The molecule has 0 aliphatic carbocycles. The lowest BCUT2D eigenvalue weighted by atomic mass is 9.87. The maximum atomic E-state index is 5.87. The Balaban J connectivity index is 2.09. The van der Waals surface area contributed by atoms with E-state index in [9.17, 15) is 0 Å². The first kappa shape index (κ1) is 14.9. The summed E-state index contributed by atoms with van der Waals surface area (Å²) in [6.07, 6.45) is 0. The number of nitrogens with two attached hydrogens (primary N) is 1. The van der Waals surface area contributed by atoms with Crippen molar-refractivity contribution in [3.8, 4) is 5.75 Å².